The summed E-state index contributed by atoms with van der Waals surface area (Å²) in [5, 5.41) is 39.8. The average molecular weight is 640 g/mol. The van der Waals surface area contributed by atoms with Gasteiger partial charge in [-0.05, 0) is 68.6 Å². The van der Waals surface area contributed by atoms with Crippen LogP contribution in [0.3, 0.4) is 0 Å². The first-order valence-electron chi connectivity index (χ1n) is 14.9. The quantitative estimate of drug-likeness (QED) is 0.209. The molecule has 5 atom stereocenters. The Labute approximate surface area is 269 Å². The van der Waals surface area contributed by atoms with Crippen LogP contribution in [-0.4, -0.2) is 102 Å². The molecule has 1 unspecified atom stereocenters. The highest BCUT2D eigenvalue weighted by molar-refractivity contribution is 7.87. The molecule has 0 spiro atoms. The summed E-state index contributed by atoms with van der Waals surface area (Å²) >= 11 is 1.26. The lowest BCUT2D eigenvalue weighted by Gasteiger charge is -2.39. The SMILES string of the molecule is C#CCN(C)CCNC(=O)C(C)(C)NC(=O)CCOc1ccc(Cc2cc([C@@H]3OC(C#SC)[C@@H](O)[C@H](O)[C@H]3O)ccc2C)cc1. The van der Waals surface area contributed by atoms with Crippen molar-refractivity contribution in [1.29, 1.82) is 0 Å². The number of aryl methyl sites for hydroxylation is 1. The molecule has 0 aliphatic carbocycles. The number of benzene rings is 2. The second kappa shape index (κ2) is 16.7. The number of terminal acetylenes is 1. The highest BCUT2D eigenvalue weighted by atomic mass is 32.1. The molecule has 1 heterocycles. The average Bonchev–Trinajstić information content (AvgIpc) is 2.99. The van der Waals surface area contributed by atoms with Gasteiger partial charge in [-0.3, -0.25) is 14.5 Å². The molecular formula is C34H45N3O7S. The van der Waals surface area contributed by atoms with Crippen molar-refractivity contribution in [3.8, 4) is 23.3 Å². The number of ether oxygens (including phenoxy) is 2. The van der Waals surface area contributed by atoms with E-state index < -0.39 is 36.1 Å². The first-order valence-corrected chi connectivity index (χ1v) is 16.1. The minimum atomic E-state index is -1.36. The molecule has 2 aromatic rings. The van der Waals surface area contributed by atoms with Gasteiger partial charge in [0.2, 0.25) is 11.8 Å². The van der Waals surface area contributed by atoms with E-state index >= 15 is 0 Å². The summed E-state index contributed by atoms with van der Waals surface area (Å²) < 4.78 is 11.7. The van der Waals surface area contributed by atoms with Gasteiger partial charge in [0.25, 0.3) is 0 Å². The van der Waals surface area contributed by atoms with Crippen LogP contribution in [0.1, 0.15) is 48.6 Å². The fourth-order valence-corrected chi connectivity index (χ4v) is 5.32. The summed E-state index contributed by atoms with van der Waals surface area (Å²) in [6.07, 6.45) is 2.23. The number of rotatable bonds is 13. The van der Waals surface area contributed by atoms with E-state index in [1.54, 1.807) is 20.1 Å². The molecule has 244 valence electrons. The van der Waals surface area contributed by atoms with Crippen molar-refractivity contribution in [1.82, 2.24) is 15.5 Å². The number of nitrogens with one attached hydrogen (secondary N) is 2. The summed E-state index contributed by atoms with van der Waals surface area (Å²) in [4.78, 5) is 26.9. The molecule has 1 saturated heterocycles. The van der Waals surface area contributed by atoms with E-state index in [1.165, 1.54) is 11.2 Å². The number of hydrogen-bond donors (Lipinski definition) is 5. The Balaban J connectivity index is 1.51. The number of aliphatic hydroxyl groups is 3. The first kappa shape index (κ1) is 36.0. The lowest BCUT2D eigenvalue weighted by molar-refractivity contribution is -0.209. The molecule has 10 nitrogen and oxygen atoms in total. The van der Waals surface area contributed by atoms with Gasteiger partial charge in [0.15, 0.2) is 0 Å². The summed E-state index contributed by atoms with van der Waals surface area (Å²) in [6, 6.07) is 13.3. The Bertz CT molecular complexity index is 1410. The molecule has 3 rings (SSSR count). The van der Waals surface area contributed by atoms with Crippen LogP contribution < -0.4 is 15.4 Å². The molecule has 11 heteroatoms. The van der Waals surface area contributed by atoms with Gasteiger partial charge in [-0.2, -0.15) is 0 Å². The highest BCUT2D eigenvalue weighted by Crippen LogP contribution is 2.33. The second-order valence-corrected chi connectivity index (χ2v) is 12.4. The van der Waals surface area contributed by atoms with Crippen molar-refractivity contribution < 1.29 is 34.4 Å². The van der Waals surface area contributed by atoms with Crippen LogP contribution in [0, 0.1) is 24.5 Å². The number of carbonyl (C=O) groups is 2. The number of amides is 2. The third kappa shape index (κ3) is 10.3. The number of hydrogen-bond acceptors (Lipinski definition) is 8. The van der Waals surface area contributed by atoms with E-state index in [1.807, 2.05) is 61.3 Å². The molecule has 1 fully saturated rings. The number of likely N-dealkylation sites (N-methyl/N-ethyl adjacent to an activating group) is 1. The van der Waals surface area contributed by atoms with Gasteiger partial charge in [0, 0.05) is 19.3 Å². The highest BCUT2D eigenvalue weighted by Gasteiger charge is 2.43. The second-order valence-electron chi connectivity index (χ2n) is 11.7. The summed E-state index contributed by atoms with van der Waals surface area (Å²) in [5.41, 5.74) is 2.74. The molecule has 1 aliphatic heterocycles. The fraction of sp³-hybridized carbons (Fsp3) is 0.500. The molecule has 0 radical (unpaired) electrons. The van der Waals surface area contributed by atoms with Crippen LogP contribution >= 0.6 is 11.2 Å². The van der Waals surface area contributed by atoms with Crippen LogP contribution in [0.15, 0.2) is 42.5 Å². The fourth-order valence-electron chi connectivity index (χ4n) is 4.90. The summed E-state index contributed by atoms with van der Waals surface area (Å²) in [5.74, 6) is 2.59. The Morgan fingerprint density at radius 2 is 1.82 bits per heavy atom. The smallest absolute Gasteiger partial charge is 0.245 e. The summed E-state index contributed by atoms with van der Waals surface area (Å²) in [7, 11) is 1.87. The van der Waals surface area contributed by atoms with Gasteiger partial charge in [0.1, 0.15) is 41.8 Å². The topological polar surface area (TPSA) is 141 Å². The predicted octanol–water partition coefficient (Wildman–Crippen LogP) is 1.78. The first-order chi connectivity index (χ1) is 21.4. The van der Waals surface area contributed by atoms with Gasteiger partial charge in [0.05, 0.1) is 19.6 Å². The van der Waals surface area contributed by atoms with E-state index in [9.17, 15) is 24.9 Å². The largest absolute Gasteiger partial charge is 0.493 e. The molecule has 2 amide bonds. The van der Waals surface area contributed by atoms with Crippen LogP contribution in [0.5, 0.6) is 5.75 Å². The zero-order chi connectivity index (χ0) is 33.1. The monoisotopic (exact) mass is 639 g/mol. The number of aliphatic hydroxyl groups excluding tert-OH is 3. The molecule has 0 saturated carbocycles. The Morgan fingerprint density at radius 1 is 1.11 bits per heavy atom. The van der Waals surface area contributed by atoms with E-state index in [0.29, 0.717) is 37.4 Å². The minimum absolute atomic E-state index is 0.0868. The van der Waals surface area contributed by atoms with Gasteiger partial charge < -0.3 is 35.4 Å². The van der Waals surface area contributed by atoms with E-state index in [4.69, 9.17) is 15.9 Å². The van der Waals surface area contributed by atoms with E-state index in [2.05, 4.69) is 21.7 Å². The predicted molar refractivity (Wildman–Crippen MR) is 175 cm³/mol. The minimum Gasteiger partial charge on any atom is -0.493 e. The van der Waals surface area contributed by atoms with E-state index in [-0.39, 0.29) is 24.8 Å². The van der Waals surface area contributed by atoms with Crippen LogP contribution in [0.25, 0.3) is 0 Å². The van der Waals surface area contributed by atoms with Crippen molar-refractivity contribution in [2.45, 2.75) is 69.7 Å². The lowest BCUT2D eigenvalue weighted by atomic mass is 9.89. The maximum atomic E-state index is 12.5. The molecule has 2 aromatic carbocycles. The third-order valence-corrected chi connectivity index (χ3v) is 8.09. The Kier molecular flexibility index (Phi) is 13.4. The summed E-state index contributed by atoms with van der Waals surface area (Å²) in [6.45, 7) is 6.97. The van der Waals surface area contributed by atoms with Crippen molar-refractivity contribution in [2.24, 2.45) is 0 Å². The van der Waals surface area contributed by atoms with E-state index in [0.717, 1.165) is 16.7 Å². The molecule has 5 N–H and O–H groups in total. The van der Waals surface area contributed by atoms with Crippen LogP contribution in [0.4, 0.5) is 0 Å². The molecular weight excluding hydrogens is 594 g/mol. The third-order valence-electron chi connectivity index (χ3n) is 7.62. The van der Waals surface area contributed by atoms with Gasteiger partial charge >= 0.3 is 0 Å². The van der Waals surface area contributed by atoms with Crippen molar-refractivity contribution in [3.05, 3.63) is 64.7 Å². The van der Waals surface area contributed by atoms with Gasteiger partial charge in [-0.1, -0.05) is 41.4 Å². The lowest BCUT2D eigenvalue weighted by Crippen LogP contribution is -2.55. The molecule has 45 heavy (non-hydrogen) atoms. The van der Waals surface area contributed by atoms with Gasteiger partial charge in [-0.25, -0.2) is 0 Å². The van der Waals surface area contributed by atoms with Crippen LogP contribution in [0.2, 0.25) is 0 Å². The molecule has 0 bridgehead atoms. The molecule has 0 aromatic heterocycles. The molecule has 1 aliphatic rings. The van der Waals surface area contributed by atoms with Crippen molar-refractivity contribution >= 4 is 23.0 Å². The van der Waals surface area contributed by atoms with Crippen molar-refractivity contribution in [3.63, 3.8) is 0 Å². The number of carbonyl (C=O) groups excluding carboxylic acids is 2. The van der Waals surface area contributed by atoms with Gasteiger partial charge in [-0.15, -0.1) is 17.6 Å². The Morgan fingerprint density at radius 3 is 2.49 bits per heavy atom. The van der Waals surface area contributed by atoms with Crippen molar-refractivity contribution in [2.75, 3.05) is 39.5 Å². The maximum absolute atomic E-state index is 12.5. The zero-order valence-electron chi connectivity index (χ0n) is 26.6. The maximum Gasteiger partial charge on any atom is 0.245 e. The van der Waals surface area contributed by atoms with Crippen LogP contribution in [-0.2, 0) is 20.7 Å². The number of nitrogens with zero attached hydrogens (tertiary/aromatic N) is 1. The Hall–Kier alpha value is -3.46. The standard InChI is InChI=1S/C34H45N3O7S/c1-7-16-37(5)17-15-35-33(42)34(3,4)36-28(38)14-18-43-26-12-9-23(10-13-26)19-25-20-24(11-8-22(25)2)32-31(41)30(40)29(39)27(44-32)21-45-6/h1,8-13,20,27,29-32,39-41H,14-19H2,2-6H3,(H,35,42)(H,36,38)/t27?,29-,30+,31-,32+/m1/s1. The zero-order valence-corrected chi connectivity index (χ0v) is 27.4. The normalized spacial score (nSPS) is 21.4.